The van der Waals surface area contributed by atoms with E-state index >= 15 is 0 Å². The minimum atomic E-state index is -1.14. The fourth-order valence-corrected chi connectivity index (χ4v) is 2.40. The number of aromatic nitrogens is 4. The topological polar surface area (TPSA) is 118 Å². The number of carboxylic acids is 1. The van der Waals surface area contributed by atoms with Crippen LogP contribution < -0.4 is 5.32 Å². The third kappa shape index (κ3) is 3.83. The van der Waals surface area contributed by atoms with Crippen molar-refractivity contribution >= 4 is 33.5 Å². The van der Waals surface area contributed by atoms with Crippen molar-refractivity contribution in [2.24, 2.45) is 0 Å². The molecule has 0 aliphatic carbocycles. The number of rotatable bonds is 4. The largest absolute Gasteiger partial charge is 0.478 e. The van der Waals surface area contributed by atoms with E-state index in [2.05, 4.69) is 41.6 Å². The molecule has 0 spiro atoms. The first-order chi connectivity index (χ1) is 12.0. The number of nitrogens with zero attached hydrogens (tertiary/aromatic N) is 4. The molecule has 25 heavy (non-hydrogen) atoms. The molecule has 2 heterocycles. The summed E-state index contributed by atoms with van der Waals surface area (Å²) in [5.74, 6) is -1.71. The van der Waals surface area contributed by atoms with Gasteiger partial charge in [-0.3, -0.25) is 4.79 Å². The average molecular weight is 400 g/mol. The number of hydrogen-bond acceptors (Lipinski definition) is 6. The van der Waals surface area contributed by atoms with Gasteiger partial charge in [-0.25, -0.2) is 4.79 Å². The minimum Gasteiger partial charge on any atom is -0.478 e. The summed E-state index contributed by atoms with van der Waals surface area (Å²) in [6.07, 6.45) is 3.06. The van der Waals surface area contributed by atoms with Gasteiger partial charge in [0.05, 0.1) is 29.3 Å². The molecule has 8 nitrogen and oxygen atoms in total. The molecule has 2 aromatic heterocycles. The van der Waals surface area contributed by atoms with Gasteiger partial charge in [-0.1, -0.05) is 15.9 Å². The lowest BCUT2D eigenvalue weighted by molar-refractivity contribution is 0.0698. The Bertz CT molecular complexity index is 932. The number of nitrogens with one attached hydrogen (secondary N) is 1. The molecule has 9 heteroatoms. The van der Waals surface area contributed by atoms with Crippen LogP contribution in [0.3, 0.4) is 0 Å². The minimum absolute atomic E-state index is 0.0241. The molecular weight excluding hydrogens is 390 g/mol. The van der Waals surface area contributed by atoms with Gasteiger partial charge in [0.15, 0.2) is 5.69 Å². The van der Waals surface area contributed by atoms with Gasteiger partial charge >= 0.3 is 5.97 Å². The summed E-state index contributed by atoms with van der Waals surface area (Å²) < 4.78 is 0.638. The van der Waals surface area contributed by atoms with Crippen molar-refractivity contribution in [3.8, 4) is 11.3 Å². The molecule has 0 unspecified atom stereocenters. The van der Waals surface area contributed by atoms with E-state index in [0.717, 1.165) is 5.56 Å². The fraction of sp³-hybridized carbons (Fsp3) is 0. The molecule has 0 radical (unpaired) electrons. The highest BCUT2D eigenvalue weighted by Gasteiger charge is 2.15. The maximum atomic E-state index is 12.3. The number of carbonyl (C=O) groups is 2. The van der Waals surface area contributed by atoms with Crippen LogP contribution in [0.4, 0.5) is 5.69 Å². The molecule has 0 saturated heterocycles. The highest BCUT2D eigenvalue weighted by Crippen LogP contribution is 2.22. The van der Waals surface area contributed by atoms with Crippen molar-refractivity contribution < 1.29 is 14.7 Å². The third-order valence-electron chi connectivity index (χ3n) is 3.24. The molecule has 3 rings (SSSR count). The standard InChI is InChI=1S/C16H10BrN5O3/c17-10-1-2-11(16(24)25)14(7-10)20-15(23)13-4-3-12(21-22-13)9-5-6-18-19-8-9/h1-8H,(H,20,23)(H,24,25). The number of hydrogen-bond donors (Lipinski definition) is 2. The summed E-state index contributed by atoms with van der Waals surface area (Å²) in [5.41, 5.74) is 1.46. The van der Waals surface area contributed by atoms with Crippen LogP contribution in [-0.4, -0.2) is 37.4 Å². The molecule has 0 atom stereocenters. The van der Waals surface area contributed by atoms with Crippen molar-refractivity contribution in [2.45, 2.75) is 0 Å². The Morgan fingerprint density at radius 1 is 1.04 bits per heavy atom. The van der Waals surface area contributed by atoms with Gasteiger partial charge in [0, 0.05) is 10.0 Å². The fourth-order valence-electron chi connectivity index (χ4n) is 2.04. The van der Waals surface area contributed by atoms with Crippen LogP contribution in [0.5, 0.6) is 0 Å². The quantitative estimate of drug-likeness (QED) is 0.691. The number of carboxylic acid groups (broad SMARTS) is 1. The van der Waals surface area contributed by atoms with E-state index in [1.807, 2.05) is 0 Å². The van der Waals surface area contributed by atoms with E-state index in [-0.39, 0.29) is 16.9 Å². The molecule has 0 aliphatic heterocycles. The Kier molecular flexibility index (Phi) is 4.75. The van der Waals surface area contributed by atoms with Gasteiger partial charge in [0.2, 0.25) is 0 Å². The molecule has 124 valence electrons. The first-order valence-electron chi connectivity index (χ1n) is 6.99. The second kappa shape index (κ2) is 7.14. The first kappa shape index (κ1) is 16.7. The maximum absolute atomic E-state index is 12.3. The summed E-state index contributed by atoms with van der Waals surface area (Å²) >= 11 is 3.24. The summed E-state index contributed by atoms with van der Waals surface area (Å²) in [7, 11) is 0. The predicted octanol–water partition coefficient (Wildman–Crippen LogP) is 2.65. The van der Waals surface area contributed by atoms with Crippen molar-refractivity contribution in [3.63, 3.8) is 0 Å². The van der Waals surface area contributed by atoms with Gasteiger partial charge in [-0.15, -0.1) is 10.2 Å². The highest BCUT2D eigenvalue weighted by atomic mass is 79.9. The van der Waals surface area contributed by atoms with E-state index in [0.29, 0.717) is 10.2 Å². The van der Waals surface area contributed by atoms with E-state index in [4.69, 9.17) is 0 Å². The van der Waals surface area contributed by atoms with Crippen LogP contribution in [0.2, 0.25) is 0 Å². The number of halogens is 1. The van der Waals surface area contributed by atoms with E-state index in [1.54, 1.807) is 18.2 Å². The Morgan fingerprint density at radius 2 is 1.88 bits per heavy atom. The Hall–Kier alpha value is -3.20. The number of anilines is 1. The van der Waals surface area contributed by atoms with Crippen LogP contribution in [0, 0.1) is 0 Å². The highest BCUT2D eigenvalue weighted by molar-refractivity contribution is 9.10. The average Bonchev–Trinajstić information content (AvgIpc) is 2.62. The number of benzene rings is 1. The molecule has 3 aromatic rings. The number of amides is 1. The van der Waals surface area contributed by atoms with Crippen LogP contribution in [0.15, 0.2) is 53.3 Å². The summed E-state index contributed by atoms with van der Waals surface area (Å²) in [6, 6.07) is 9.32. The van der Waals surface area contributed by atoms with Gasteiger partial charge in [0.25, 0.3) is 5.91 Å². The van der Waals surface area contributed by atoms with Crippen LogP contribution in [0.1, 0.15) is 20.8 Å². The Morgan fingerprint density at radius 3 is 2.52 bits per heavy atom. The predicted molar refractivity (Wildman–Crippen MR) is 92.1 cm³/mol. The van der Waals surface area contributed by atoms with Crippen molar-refractivity contribution in [1.29, 1.82) is 0 Å². The van der Waals surface area contributed by atoms with Crippen molar-refractivity contribution in [1.82, 2.24) is 20.4 Å². The normalized spacial score (nSPS) is 10.3. The lowest BCUT2D eigenvalue weighted by atomic mass is 10.1. The molecule has 0 fully saturated rings. The molecule has 0 bridgehead atoms. The van der Waals surface area contributed by atoms with Crippen molar-refractivity contribution in [3.05, 3.63) is 64.5 Å². The summed E-state index contributed by atoms with van der Waals surface area (Å²) in [5, 5.41) is 27.0. The molecule has 0 aliphatic rings. The monoisotopic (exact) mass is 399 g/mol. The maximum Gasteiger partial charge on any atom is 0.337 e. The lowest BCUT2D eigenvalue weighted by Crippen LogP contribution is -2.16. The van der Waals surface area contributed by atoms with Gasteiger partial charge < -0.3 is 10.4 Å². The summed E-state index contributed by atoms with van der Waals surface area (Å²) in [6.45, 7) is 0. The summed E-state index contributed by atoms with van der Waals surface area (Å²) in [4.78, 5) is 23.6. The lowest BCUT2D eigenvalue weighted by Gasteiger charge is -2.08. The molecular formula is C16H10BrN5O3. The number of aromatic carboxylic acids is 1. The van der Waals surface area contributed by atoms with Gasteiger partial charge in [-0.05, 0) is 36.4 Å². The second-order valence-electron chi connectivity index (χ2n) is 4.88. The second-order valence-corrected chi connectivity index (χ2v) is 5.80. The molecule has 0 saturated carbocycles. The zero-order valence-electron chi connectivity index (χ0n) is 12.5. The third-order valence-corrected chi connectivity index (χ3v) is 3.73. The molecule has 1 amide bonds. The zero-order valence-corrected chi connectivity index (χ0v) is 14.1. The first-order valence-corrected chi connectivity index (χ1v) is 7.79. The number of carbonyl (C=O) groups excluding carboxylic acids is 1. The van der Waals surface area contributed by atoms with Gasteiger partial charge in [-0.2, -0.15) is 10.2 Å². The van der Waals surface area contributed by atoms with E-state index in [9.17, 15) is 14.7 Å². The van der Waals surface area contributed by atoms with Crippen LogP contribution in [-0.2, 0) is 0 Å². The Labute approximate surface area is 150 Å². The van der Waals surface area contributed by atoms with Crippen LogP contribution in [0.25, 0.3) is 11.3 Å². The smallest absolute Gasteiger partial charge is 0.337 e. The SMILES string of the molecule is O=C(Nc1cc(Br)ccc1C(=O)O)c1ccc(-c2ccnnc2)nn1. The van der Waals surface area contributed by atoms with Crippen molar-refractivity contribution in [2.75, 3.05) is 5.32 Å². The van der Waals surface area contributed by atoms with E-state index in [1.165, 1.54) is 30.6 Å². The van der Waals surface area contributed by atoms with Crippen LogP contribution >= 0.6 is 15.9 Å². The molecule has 2 N–H and O–H groups in total. The Balaban J connectivity index is 1.83. The van der Waals surface area contributed by atoms with Gasteiger partial charge in [0.1, 0.15) is 0 Å². The van der Waals surface area contributed by atoms with E-state index < -0.39 is 11.9 Å². The molecule has 1 aromatic carbocycles. The zero-order chi connectivity index (χ0) is 17.8.